The van der Waals surface area contributed by atoms with E-state index in [-0.39, 0.29) is 0 Å². The molecule has 0 aliphatic heterocycles. The van der Waals surface area contributed by atoms with E-state index in [9.17, 15) is 0 Å². The largest absolute Gasteiger partial charge is 0.353 e. The van der Waals surface area contributed by atoms with Crippen molar-refractivity contribution >= 4 is 28.0 Å². The van der Waals surface area contributed by atoms with E-state index in [1.54, 1.807) is 17.5 Å². The number of nitrogens with zero attached hydrogens (tertiary/aromatic N) is 4. The van der Waals surface area contributed by atoms with Crippen molar-refractivity contribution < 1.29 is 0 Å². The van der Waals surface area contributed by atoms with Crippen molar-refractivity contribution in [2.24, 2.45) is 0 Å². The minimum atomic E-state index is 0.683. The number of aromatic nitrogens is 5. The molecule has 23 heavy (non-hydrogen) atoms. The third-order valence-corrected chi connectivity index (χ3v) is 4.69. The van der Waals surface area contributed by atoms with Gasteiger partial charge in [-0.3, -0.25) is 4.40 Å². The van der Waals surface area contributed by atoms with Crippen molar-refractivity contribution in [3.63, 3.8) is 0 Å². The van der Waals surface area contributed by atoms with Gasteiger partial charge in [-0.05, 0) is 18.2 Å². The average Bonchev–Trinajstić information content (AvgIpc) is 3.31. The number of hydrogen-bond acceptors (Lipinski definition) is 4. The van der Waals surface area contributed by atoms with Gasteiger partial charge in [-0.15, -0.1) is 11.3 Å². The van der Waals surface area contributed by atoms with Gasteiger partial charge >= 0.3 is 0 Å². The van der Waals surface area contributed by atoms with Crippen LogP contribution in [0.2, 0.25) is 0 Å². The van der Waals surface area contributed by atoms with Gasteiger partial charge in [0.1, 0.15) is 10.7 Å². The summed E-state index contributed by atoms with van der Waals surface area (Å²) in [4.78, 5) is 16.8. The van der Waals surface area contributed by atoms with Crippen LogP contribution in [0.4, 0.5) is 0 Å². The number of imidazole rings is 1. The number of benzene rings is 1. The lowest BCUT2D eigenvalue weighted by molar-refractivity contribution is 1.11. The Morgan fingerprint density at radius 2 is 2.04 bits per heavy atom. The van der Waals surface area contributed by atoms with Gasteiger partial charge < -0.3 is 4.98 Å². The molecule has 0 aliphatic rings. The van der Waals surface area contributed by atoms with E-state index in [1.807, 2.05) is 35.0 Å². The summed E-state index contributed by atoms with van der Waals surface area (Å²) in [5.41, 5.74) is 4.02. The highest BCUT2D eigenvalue weighted by Gasteiger charge is 2.12. The van der Waals surface area contributed by atoms with Gasteiger partial charge in [0, 0.05) is 28.7 Å². The van der Waals surface area contributed by atoms with Gasteiger partial charge in [0.15, 0.2) is 0 Å². The fraction of sp³-hybridized carbons (Fsp3) is 0. The molecular formula is C17H11N5S. The maximum absolute atomic E-state index is 4.77. The predicted molar refractivity (Wildman–Crippen MR) is 91.4 cm³/mol. The van der Waals surface area contributed by atoms with E-state index >= 15 is 0 Å². The molecule has 0 unspecified atom stereocenters. The molecule has 0 bridgehead atoms. The van der Waals surface area contributed by atoms with Crippen LogP contribution in [0.25, 0.3) is 38.8 Å². The molecule has 0 amide bonds. The molecule has 0 fully saturated rings. The number of aromatic amines is 1. The summed E-state index contributed by atoms with van der Waals surface area (Å²) in [6, 6.07) is 12.3. The standard InChI is InChI=1S/C17H11N5S/c1-2-5-12-11(4-1)8-13(20-12)16-21-14(10-23-16)15-9-19-17-18-6-3-7-22(15)17/h1-10,20H. The topological polar surface area (TPSA) is 58.9 Å². The van der Waals surface area contributed by atoms with Gasteiger partial charge in [0.2, 0.25) is 5.78 Å². The normalized spacial score (nSPS) is 11.5. The molecule has 0 spiro atoms. The Morgan fingerprint density at radius 1 is 1.09 bits per heavy atom. The highest BCUT2D eigenvalue weighted by atomic mass is 32.1. The van der Waals surface area contributed by atoms with Crippen molar-refractivity contribution in [1.82, 2.24) is 24.3 Å². The van der Waals surface area contributed by atoms with Gasteiger partial charge in [-0.2, -0.15) is 0 Å². The third-order valence-electron chi connectivity index (χ3n) is 3.82. The molecule has 0 saturated heterocycles. The molecule has 0 saturated carbocycles. The molecule has 5 rings (SSSR count). The number of fused-ring (bicyclic) bond motifs is 2. The summed E-state index contributed by atoms with van der Waals surface area (Å²) in [6.07, 6.45) is 5.50. The molecule has 0 radical (unpaired) electrons. The number of rotatable bonds is 2. The Labute approximate surface area is 135 Å². The summed E-state index contributed by atoms with van der Waals surface area (Å²) in [7, 11) is 0. The summed E-state index contributed by atoms with van der Waals surface area (Å²) < 4.78 is 1.95. The summed E-state index contributed by atoms with van der Waals surface area (Å²) >= 11 is 1.62. The fourth-order valence-corrected chi connectivity index (χ4v) is 3.51. The first-order valence-corrected chi connectivity index (χ1v) is 8.08. The molecular weight excluding hydrogens is 306 g/mol. The van der Waals surface area contributed by atoms with Crippen LogP contribution in [0.15, 0.2) is 60.4 Å². The van der Waals surface area contributed by atoms with E-state index in [0.29, 0.717) is 5.78 Å². The zero-order valence-electron chi connectivity index (χ0n) is 12.0. The van der Waals surface area contributed by atoms with Crippen molar-refractivity contribution in [3.8, 4) is 22.1 Å². The number of hydrogen-bond donors (Lipinski definition) is 1. The van der Waals surface area contributed by atoms with Crippen molar-refractivity contribution in [3.05, 3.63) is 60.4 Å². The molecule has 6 heteroatoms. The minimum absolute atomic E-state index is 0.683. The van der Waals surface area contributed by atoms with Crippen LogP contribution in [0.3, 0.4) is 0 Å². The molecule has 1 aromatic carbocycles. The first kappa shape index (κ1) is 12.5. The molecule has 1 N–H and O–H groups in total. The Hall–Kier alpha value is -2.99. The van der Waals surface area contributed by atoms with E-state index in [2.05, 4.69) is 38.5 Å². The molecule has 0 atom stereocenters. The second kappa shape index (κ2) is 4.76. The van der Waals surface area contributed by atoms with Crippen LogP contribution in [0.1, 0.15) is 0 Å². The lowest BCUT2D eigenvalue weighted by Gasteiger charge is -1.96. The molecule has 5 nitrogen and oxygen atoms in total. The van der Waals surface area contributed by atoms with Crippen LogP contribution in [-0.4, -0.2) is 24.3 Å². The van der Waals surface area contributed by atoms with Crippen molar-refractivity contribution in [2.75, 3.05) is 0 Å². The van der Waals surface area contributed by atoms with E-state index in [4.69, 9.17) is 4.98 Å². The molecule has 0 aliphatic carbocycles. The smallest absolute Gasteiger partial charge is 0.234 e. The second-order valence-electron chi connectivity index (χ2n) is 5.24. The van der Waals surface area contributed by atoms with Crippen LogP contribution in [0.5, 0.6) is 0 Å². The number of thiazole rings is 1. The van der Waals surface area contributed by atoms with Crippen molar-refractivity contribution in [2.45, 2.75) is 0 Å². The Bertz CT molecular complexity index is 1100. The molecule has 110 valence electrons. The average molecular weight is 317 g/mol. The lowest BCUT2D eigenvalue weighted by atomic mass is 10.2. The molecule has 4 aromatic heterocycles. The Kier molecular flexibility index (Phi) is 2.59. The van der Waals surface area contributed by atoms with E-state index < -0.39 is 0 Å². The predicted octanol–water partition coefficient (Wildman–Crippen LogP) is 4.00. The summed E-state index contributed by atoms with van der Waals surface area (Å²) in [6.45, 7) is 0. The van der Waals surface area contributed by atoms with Crippen LogP contribution < -0.4 is 0 Å². The summed E-state index contributed by atoms with van der Waals surface area (Å²) in [5.74, 6) is 0.683. The second-order valence-corrected chi connectivity index (χ2v) is 6.10. The number of para-hydroxylation sites is 1. The van der Waals surface area contributed by atoms with Gasteiger partial charge in [-0.25, -0.2) is 15.0 Å². The monoisotopic (exact) mass is 317 g/mol. The Balaban J connectivity index is 1.62. The van der Waals surface area contributed by atoms with E-state index in [0.717, 1.165) is 27.6 Å². The van der Waals surface area contributed by atoms with Gasteiger partial charge in [-0.1, -0.05) is 18.2 Å². The highest BCUT2D eigenvalue weighted by molar-refractivity contribution is 7.13. The maximum Gasteiger partial charge on any atom is 0.234 e. The number of H-pyrrole nitrogens is 1. The quantitative estimate of drug-likeness (QED) is 0.535. The maximum atomic E-state index is 4.77. The van der Waals surface area contributed by atoms with Gasteiger partial charge in [0.05, 0.1) is 17.6 Å². The molecule has 4 heterocycles. The van der Waals surface area contributed by atoms with Crippen molar-refractivity contribution in [1.29, 1.82) is 0 Å². The van der Waals surface area contributed by atoms with Crippen LogP contribution in [0, 0.1) is 0 Å². The van der Waals surface area contributed by atoms with Gasteiger partial charge in [0.25, 0.3) is 0 Å². The third kappa shape index (κ3) is 1.96. The zero-order valence-corrected chi connectivity index (χ0v) is 12.8. The van der Waals surface area contributed by atoms with E-state index in [1.165, 1.54) is 5.39 Å². The highest BCUT2D eigenvalue weighted by Crippen LogP contribution is 2.30. The number of nitrogens with one attached hydrogen (secondary N) is 1. The Morgan fingerprint density at radius 3 is 3.00 bits per heavy atom. The first-order chi connectivity index (χ1) is 11.4. The van der Waals surface area contributed by atoms with Crippen LogP contribution in [-0.2, 0) is 0 Å². The zero-order chi connectivity index (χ0) is 15.2. The van der Waals surface area contributed by atoms with Crippen LogP contribution >= 0.6 is 11.3 Å². The lowest BCUT2D eigenvalue weighted by Crippen LogP contribution is -1.89. The SMILES string of the molecule is c1ccc2[nH]c(-c3nc(-c4cnc5ncccn45)cs3)cc2c1. The summed E-state index contributed by atoms with van der Waals surface area (Å²) in [5, 5.41) is 4.21. The minimum Gasteiger partial charge on any atom is -0.353 e. The first-order valence-electron chi connectivity index (χ1n) is 7.20. The fourth-order valence-electron chi connectivity index (χ4n) is 2.72. The molecule has 5 aromatic rings.